The Labute approximate surface area is 395 Å². The van der Waals surface area contributed by atoms with Gasteiger partial charge in [0.2, 0.25) is 17.7 Å². The average molecular weight is 939 g/mol. The summed E-state index contributed by atoms with van der Waals surface area (Å²) in [5.74, 6) is 0.418. The Hall–Kier alpha value is -5.39. The normalized spacial score (nSPS) is 22.7. The Morgan fingerprint density at radius 1 is 0.955 bits per heavy atom. The van der Waals surface area contributed by atoms with Crippen LogP contribution in [-0.2, 0) is 25.7 Å². The number of piperazine rings is 1. The van der Waals surface area contributed by atoms with E-state index in [1.165, 1.54) is 12.1 Å². The predicted molar refractivity (Wildman–Crippen MR) is 252 cm³/mol. The highest BCUT2D eigenvalue weighted by molar-refractivity contribution is 7.17. The first-order valence-corrected chi connectivity index (χ1v) is 25.1. The van der Waals surface area contributed by atoms with Gasteiger partial charge in [-0.05, 0) is 117 Å². The number of carbonyl (C=O) groups excluding carboxylic acids is 4. The fraction of sp³-hybridized carbons (Fsp3) is 0.560. The molecule has 4 fully saturated rings. The van der Waals surface area contributed by atoms with Crippen molar-refractivity contribution >= 4 is 51.3 Å². The summed E-state index contributed by atoms with van der Waals surface area (Å²) in [4.78, 5) is 68.2. The highest BCUT2D eigenvalue weighted by Gasteiger charge is 2.42. The van der Waals surface area contributed by atoms with Crippen LogP contribution in [0.4, 0.5) is 4.39 Å². The third-order valence-corrected chi connectivity index (χ3v) is 15.5. The van der Waals surface area contributed by atoms with Gasteiger partial charge in [-0.3, -0.25) is 29.1 Å². The summed E-state index contributed by atoms with van der Waals surface area (Å²) in [6.45, 7) is 7.76. The van der Waals surface area contributed by atoms with Gasteiger partial charge in [0.1, 0.15) is 30.3 Å². The minimum Gasteiger partial charge on any atom is -0.489 e. The zero-order chi connectivity index (χ0) is 46.6. The highest BCUT2D eigenvalue weighted by Crippen LogP contribution is 2.41. The molecule has 358 valence electrons. The second-order valence-electron chi connectivity index (χ2n) is 19.0. The van der Waals surface area contributed by atoms with E-state index in [9.17, 15) is 23.6 Å². The van der Waals surface area contributed by atoms with Crippen molar-refractivity contribution in [1.29, 1.82) is 0 Å². The molecule has 0 radical (unpaired) electrons. The molecule has 17 heteroatoms. The third-order valence-electron chi connectivity index (χ3n) is 14.6. The van der Waals surface area contributed by atoms with Crippen LogP contribution in [0.3, 0.4) is 0 Å². The molecule has 1 saturated carbocycles. The van der Waals surface area contributed by atoms with Gasteiger partial charge < -0.3 is 39.3 Å². The van der Waals surface area contributed by atoms with Crippen molar-refractivity contribution in [2.75, 3.05) is 52.9 Å². The molecule has 0 bridgehead atoms. The molecule has 67 heavy (non-hydrogen) atoms. The largest absolute Gasteiger partial charge is 0.489 e. The van der Waals surface area contributed by atoms with Crippen molar-refractivity contribution in [3.8, 4) is 11.6 Å². The van der Waals surface area contributed by atoms with E-state index in [1.807, 2.05) is 35.4 Å². The Balaban J connectivity index is 0.788. The first-order valence-electron chi connectivity index (χ1n) is 24.2. The lowest BCUT2D eigenvalue weighted by Crippen LogP contribution is -2.61. The van der Waals surface area contributed by atoms with Gasteiger partial charge in [0.15, 0.2) is 5.76 Å². The number of nitrogens with zero attached hydrogens (tertiary/aromatic N) is 6. The maximum absolute atomic E-state index is 14.6. The standard InChI is InChI=1S/C50H63FN8O7S/c1-31-28-57(50(63)46(33-8-5-4-6-9-33)54-48(61)32(2)52-3)21-22-58(31)49(62)41-25-34-24-35(51)11-12-39(34)40(41)27-45(60)59-18-7-10-36(59)30-64-44-26-38(66-55-44)29-56-19-14-37(15-20-56)65-43-13-17-53-42-16-23-67-47(42)43/h11-13,16-17,23-26,31-33,36-37,40,46,52H,4-10,14-15,18-22,27-30H2,1-3H3,(H,54,61)/t31-,32-,36-,40?,46-/m0/s1. The Morgan fingerprint density at radius 2 is 1.78 bits per heavy atom. The van der Waals surface area contributed by atoms with E-state index in [1.54, 1.807) is 53.4 Å². The quantitative estimate of drug-likeness (QED) is 0.141. The van der Waals surface area contributed by atoms with E-state index in [2.05, 4.69) is 25.7 Å². The first kappa shape index (κ1) is 46.7. The number of nitrogens with one attached hydrogen (secondary N) is 2. The number of hydrogen-bond acceptors (Lipinski definition) is 12. The van der Waals surface area contributed by atoms with Crippen molar-refractivity contribution in [3.63, 3.8) is 0 Å². The maximum Gasteiger partial charge on any atom is 0.254 e. The molecule has 1 unspecified atom stereocenters. The Bertz CT molecular complexity index is 2450. The van der Waals surface area contributed by atoms with Gasteiger partial charge in [-0.2, -0.15) is 0 Å². The number of amides is 4. The number of benzene rings is 1. The fourth-order valence-electron chi connectivity index (χ4n) is 10.7. The summed E-state index contributed by atoms with van der Waals surface area (Å²) in [6.07, 6.45) is 12.0. The number of hydrogen-bond donors (Lipinski definition) is 2. The number of thiophene rings is 1. The molecule has 9 rings (SSSR count). The predicted octanol–water partition coefficient (Wildman–Crippen LogP) is 6.14. The second-order valence-corrected chi connectivity index (χ2v) is 19.9. The number of pyridine rings is 1. The van der Waals surface area contributed by atoms with Crippen LogP contribution in [-0.4, -0.2) is 137 Å². The van der Waals surface area contributed by atoms with Crippen molar-refractivity contribution in [2.24, 2.45) is 5.92 Å². The lowest BCUT2D eigenvalue weighted by Gasteiger charge is -2.43. The van der Waals surface area contributed by atoms with E-state index in [-0.39, 0.29) is 60.8 Å². The van der Waals surface area contributed by atoms with Gasteiger partial charge in [0.05, 0.1) is 28.8 Å². The van der Waals surface area contributed by atoms with Crippen LogP contribution in [0.1, 0.15) is 101 Å². The summed E-state index contributed by atoms with van der Waals surface area (Å²) >= 11 is 1.65. The number of rotatable bonds is 15. The number of aromatic nitrogens is 2. The molecule has 2 aliphatic carbocycles. The molecular weight excluding hydrogens is 876 g/mol. The van der Waals surface area contributed by atoms with Crippen molar-refractivity contribution in [3.05, 3.63) is 76.3 Å². The van der Waals surface area contributed by atoms with Crippen molar-refractivity contribution < 1.29 is 37.6 Å². The Kier molecular flexibility index (Phi) is 14.5. The summed E-state index contributed by atoms with van der Waals surface area (Å²) in [6, 6.07) is 8.67. The summed E-state index contributed by atoms with van der Waals surface area (Å²) in [5, 5.41) is 12.3. The molecule has 15 nitrogen and oxygen atoms in total. The van der Waals surface area contributed by atoms with Crippen LogP contribution in [0.15, 0.2) is 58.1 Å². The maximum atomic E-state index is 14.6. The van der Waals surface area contributed by atoms with E-state index >= 15 is 0 Å². The summed E-state index contributed by atoms with van der Waals surface area (Å²) in [7, 11) is 1.72. The van der Waals surface area contributed by atoms with Crippen molar-refractivity contribution in [2.45, 2.75) is 121 Å². The molecule has 3 aliphatic heterocycles. The van der Waals surface area contributed by atoms with E-state index < -0.39 is 23.8 Å². The number of ether oxygens (including phenoxy) is 2. The van der Waals surface area contributed by atoms with Gasteiger partial charge >= 0.3 is 0 Å². The van der Waals surface area contributed by atoms with Gasteiger partial charge in [-0.25, -0.2) is 4.39 Å². The summed E-state index contributed by atoms with van der Waals surface area (Å²) < 4.78 is 33.9. The monoisotopic (exact) mass is 938 g/mol. The number of piperidine rings is 1. The fourth-order valence-corrected chi connectivity index (χ4v) is 11.5. The number of fused-ring (bicyclic) bond motifs is 2. The van der Waals surface area contributed by atoms with E-state index in [0.717, 1.165) is 92.4 Å². The van der Waals surface area contributed by atoms with Crippen LogP contribution in [0.2, 0.25) is 0 Å². The zero-order valence-electron chi connectivity index (χ0n) is 38.8. The van der Waals surface area contributed by atoms with Gasteiger partial charge in [-0.1, -0.05) is 25.3 Å². The SMILES string of the molecule is CN[C@@H](C)C(=O)N[C@H](C(=O)N1CCN(C(=O)C2=Cc3cc(F)ccc3C2CC(=O)N2CCC[C@H]2COc2cc(CN3CCC(Oc4ccnc5ccsc45)CC3)on2)[C@@H](C)C1)C1CCCCC1. The average Bonchev–Trinajstić information content (AvgIpc) is 4.18. The van der Waals surface area contributed by atoms with Crippen LogP contribution in [0, 0.1) is 11.7 Å². The molecule has 3 saturated heterocycles. The minimum absolute atomic E-state index is 0.0457. The molecule has 4 aromatic rings. The first-order chi connectivity index (χ1) is 32.5. The van der Waals surface area contributed by atoms with Crippen molar-refractivity contribution in [1.82, 2.24) is 40.4 Å². The molecule has 5 aliphatic rings. The lowest BCUT2D eigenvalue weighted by molar-refractivity contribution is -0.144. The number of likely N-dealkylation sites (tertiary alicyclic amines) is 2. The number of carbonyl (C=O) groups is 4. The van der Waals surface area contributed by atoms with Crippen LogP contribution in [0.25, 0.3) is 16.3 Å². The molecule has 2 N–H and O–H groups in total. The molecule has 4 amide bonds. The molecule has 0 spiro atoms. The van der Waals surface area contributed by atoms with Gasteiger partial charge in [0.25, 0.3) is 11.8 Å². The van der Waals surface area contributed by atoms with E-state index in [4.69, 9.17) is 14.0 Å². The molecule has 5 atom stereocenters. The second kappa shape index (κ2) is 20.9. The van der Waals surface area contributed by atoms with Crippen LogP contribution >= 0.6 is 11.3 Å². The highest BCUT2D eigenvalue weighted by atomic mass is 32.1. The molecule has 6 heterocycles. The van der Waals surface area contributed by atoms with E-state index in [0.29, 0.717) is 55.5 Å². The molecule has 3 aromatic heterocycles. The topological polar surface area (TPSA) is 163 Å². The lowest BCUT2D eigenvalue weighted by atomic mass is 9.83. The van der Waals surface area contributed by atoms with Gasteiger partial charge in [0, 0.05) is 75.5 Å². The third kappa shape index (κ3) is 10.5. The Morgan fingerprint density at radius 3 is 2.57 bits per heavy atom. The van der Waals surface area contributed by atoms with Crippen LogP contribution < -0.4 is 20.1 Å². The molecular formula is C50H63FN8O7S. The van der Waals surface area contributed by atoms with Gasteiger partial charge in [-0.15, -0.1) is 11.3 Å². The molecule has 1 aromatic carbocycles. The minimum atomic E-state index is -0.624. The zero-order valence-corrected chi connectivity index (χ0v) is 39.6. The van der Waals surface area contributed by atoms with Crippen LogP contribution in [0.5, 0.6) is 11.6 Å². The number of likely N-dealkylation sites (N-methyl/N-ethyl adjacent to an activating group) is 1. The smallest absolute Gasteiger partial charge is 0.254 e. The number of halogens is 1. The summed E-state index contributed by atoms with van der Waals surface area (Å²) in [5.41, 5.74) is 2.74.